The molecule has 2 aliphatic rings. The molecule has 0 spiro atoms. The number of nitrogens with zero attached hydrogens (tertiary/aromatic N) is 2. The van der Waals surface area contributed by atoms with E-state index in [4.69, 9.17) is 11.6 Å². The minimum atomic E-state index is -3.53. The van der Waals surface area contributed by atoms with Crippen molar-refractivity contribution in [1.82, 2.24) is 9.21 Å². The summed E-state index contributed by atoms with van der Waals surface area (Å²) in [4.78, 5) is 2.73. The topological polar surface area (TPSA) is 40.6 Å². The Hall–Kier alpha value is -0.880. The molecule has 3 rings (SSSR count). The minimum absolute atomic E-state index is 0.0988. The van der Waals surface area contributed by atoms with Crippen LogP contribution in [0.4, 0.5) is 0 Å². The fraction of sp³-hybridized carbons (Fsp3) is 0.556. The number of hydrogen-bond donors (Lipinski definition) is 0. The van der Waals surface area contributed by atoms with Crippen molar-refractivity contribution in [2.45, 2.75) is 43.2 Å². The molecule has 0 bridgehead atoms. The predicted molar refractivity (Wildman–Crippen MR) is 97.7 cm³/mol. The second-order valence-electron chi connectivity index (χ2n) is 6.95. The zero-order valence-electron chi connectivity index (χ0n) is 14.2. The third kappa shape index (κ3) is 3.69. The van der Waals surface area contributed by atoms with Crippen molar-refractivity contribution in [2.75, 3.05) is 20.1 Å². The van der Waals surface area contributed by atoms with Crippen molar-refractivity contribution >= 4 is 21.6 Å². The van der Waals surface area contributed by atoms with Gasteiger partial charge in [-0.25, -0.2) is 8.42 Å². The van der Waals surface area contributed by atoms with E-state index in [1.54, 1.807) is 25.2 Å². The molecule has 4 nitrogen and oxygen atoms in total. The molecule has 1 heterocycles. The van der Waals surface area contributed by atoms with Crippen LogP contribution in [-0.2, 0) is 10.0 Å². The summed E-state index contributed by atoms with van der Waals surface area (Å²) in [6, 6.07) is 6.71. The van der Waals surface area contributed by atoms with Gasteiger partial charge in [-0.15, -0.1) is 0 Å². The highest BCUT2D eigenvalue weighted by molar-refractivity contribution is 7.89. The average molecular weight is 369 g/mol. The molecule has 0 saturated carbocycles. The molecule has 24 heavy (non-hydrogen) atoms. The van der Waals surface area contributed by atoms with Crippen LogP contribution in [0.3, 0.4) is 0 Å². The molecule has 0 radical (unpaired) electrons. The Morgan fingerprint density at radius 1 is 1.21 bits per heavy atom. The molecule has 1 aliphatic carbocycles. The van der Waals surface area contributed by atoms with E-state index in [0.717, 1.165) is 25.4 Å². The zero-order chi connectivity index (χ0) is 17.3. The molecule has 1 aromatic rings. The van der Waals surface area contributed by atoms with E-state index in [1.807, 2.05) is 6.08 Å². The molecule has 0 amide bonds. The molecule has 1 aliphatic heterocycles. The van der Waals surface area contributed by atoms with Gasteiger partial charge in [0.25, 0.3) is 0 Å². The van der Waals surface area contributed by atoms with Crippen LogP contribution in [0.1, 0.15) is 26.2 Å². The van der Waals surface area contributed by atoms with E-state index in [2.05, 4.69) is 17.9 Å². The summed E-state index contributed by atoms with van der Waals surface area (Å²) < 4.78 is 27.1. The van der Waals surface area contributed by atoms with Gasteiger partial charge in [0, 0.05) is 24.2 Å². The summed E-state index contributed by atoms with van der Waals surface area (Å²) in [5.74, 6) is 0.799. The maximum absolute atomic E-state index is 12.8. The molecular formula is C18H25ClN2O2S. The third-order valence-corrected chi connectivity index (χ3v) is 7.38. The van der Waals surface area contributed by atoms with E-state index in [9.17, 15) is 8.42 Å². The Kier molecular flexibility index (Phi) is 5.35. The second-order valence-corrected chi connectivity index (χ2v) is 9.39. The maximum atomic E-state index is 12.8. The van der Waals surface area contributed by atoms with Crippen LogP contribution in [0.5, 0.6) is 0 Å². The first kappa shape index (κ1) is 17.9. The Balaban J connectivity index is 1.68. The number of halogens is 1. The van der Waals surface area contributed by atoms with Crippen LogP contribution in [0.25, 0.3) is 0 Å². The van der Waals surface area contributed by atoms with E-state index in [0.29, 0.717) is 11.1 Å². The van der Waals surface area contributed by atoms with Crippen LogP contribution < -0.4 is 0 Å². The molecule has 1 aromatic carbocycles. The predicted octanol–water partition coefficient (Wildman–Crippen LogP) is 3.39. The SMILES string of the molecule is CC1CCN(C2C=CC(N(C)S(=O)(=O)c3cccc(Cl)c3)C2)CC1. The van der Waals surface area contributed by atoms with E-state index < -0.39 is 10.0 Å². The first-order valence-electron chi connectivity index (χ1n) is 8.54. The van der Waals surface area contributed by atoms with Gasteiger partial charge in [0.1, 0.15) is 0 Å². The first-order valence-corrected chi connectivity index (χ1v) is 10.4. The van der Waals surface area contributed by atoms with Crippen molar-refractivity contribution < 1.29 is 8.42 Å². The number of likely N-dealkylation sites (tertiary alicyclic amines) is 1. The van der Waals surface area contributed by atoms with Crippen LogP contribution in [-0.4, -0.2) is 49.8 Å². The molecule has 1 fully saturated rings. The summed E-state index contributed by atoms with van der Waals surface area (Å²) in [5.41, 5.74) is 0. The second kappa shape index (κ2) is 7.16. The van der Waals surface area contributed by atoms with Crippen LogP contribution >= 0.6 is 11.6 Å². The Labute approximate surface area is 150 Å². The minimum Gasteiger partial charge on any atom is -0.297 e. The van der Waals surface area contributed by atoms with Crippen molar-refractivity contribution in [3.8, 4) is 0 Å². The number of likely N-dealkylation sites (N-methyl/N-ethyl adjacent to an activating group) is 1. The molecule has 2 unspecified atom stereocenters. The Morgan fingerprint density at radius 2 is 1.92 bits per heavy atom. The fourth-order valence-electron chi connectivity index (χ4n) is 3.53. The van der Waals surface area contributed by atoms with E-state index in [1.165, 1.54) is 23.2 Å². The fourth-order valence-corrected chi connectivity index (χ4v) is 5.16. The number of sulfonamides is 1. The van der Waals surface area contributed by atoms with Gasteiger partial charge in [0.2, 0.25) is 10.0 Å². The van der Waals surface area contributed by atoms with Crippen molar-refractivity contribution in [3.63, 3.8) is 0 Å². The summed E-state index contributed by atoms with van der Waals surface area (Å²) in [6.07, 6.45) is 7.48. The van der Waals surface area contributed by atoms with Crippen molar-refractivity contribution in [3.05, 3.63) is 41.4 Å². The number of piperidine rings is 1. The van der Waals surface area contributed by atoms with Crippen LogP contribution in [0, 0.1) is 5.92 Å². The van der Waals surface area contributed by atoms with Crippen LogP contribution in [0.2, 0.25) is 5.02 Å². The summed E-state index contributed by atoms with van der Waals surface area (Å²) in [6.45, 7) is 4.51. The largest absolute Gasteiger partial charge is 0.297 e. The average Bonchev–Trinajstić information content (AvgIpc) is 3.04. The van der Waals surface area contributed by atoms with Gasteiger partial charge in [0.15, 0.2) is 0 Å². The first-order chi connectivity index (χ1) is 11.4. The quantitative estimate of drug-likeness (QED) is 0.765. The lowest BCUT2D eigenvalue weighted by Crippen LogP contribution is -2.42. The van der Waals surface area contributed by atoms with Gasteiger partial charge in [-0.05, 0) is 56.5 Å². The lowest BCUT2D eigenvalue weighted by atomic mass is 9.97. The highest BCUT2D eigenvalue weighted by atomic mass is 35.5. The van der Waals surface area contributed by atoms with Gasteiger partial charge in [0.05, 0.1) is 4.90 Å². The highest BCUT2D eigenvalue weighted by Crippen LogP contribution is 2.28. The lowest BCUT2D eigenvalue weighted by Gasteiger charge is -2.35. The van der Waals surface area contributed by atoms with Gasteiger partial charge in [-0.3, -0.25) is 4.90 Å². The monoisotopic (exact) mass is 368 g/mol. The summed E-state index contributed by atoms with van der Waals surface area (Å²) in [7, 11) is -1.87. The summed E-state index contributed by atoms with van der Waals surface area (Å²) >= 11 is 5.95. The molecule has 132 valence electrons. The van der Waals surface area contributed by atoms with Crippen molar-refractivity contribution in [2.24, 2.45) is 5.92 Å². The highest BCUT2D eigenvalue weighted by Gasteiger charge is 2.33. The van der Waals surface area contributed by atoms with Gasteiger partial charge in [-0.2, -0.15) is 4.31 Å². The van der Waals surface area contributed by atoms with E-state index >= 15 is 0 Å². The molecule has 1 saturated heterocycles. The van der Waals surface area contributed by atoms with Crippen molar-refractivity contribution in [1.29, 1.82) is 0 Å². The number of rotatable bonds is 4. The number of benzene rings is 1. The normalized spacial score (nSPS) is 26.3. The molecule has 6 heteroatoms. The van der Waals surface area contributed by atoms with E-state index in [-0.39, 0.29) is 10.9 Å². The Morgan fingerprint density at radius 3 is 2.58 bits per heavy atom. The summed E-state index contributed by atoms with van der Waals surface area (Å²) in [5, 5.41) is 0.437. The number of hydrogen-bond acceptors (Lipinski definition) is 3. The maximum Gasteiger partial charge on any atom is 0.243 e. The zero-order valence-corrected chi connectivity index (χ0v) is 15.8. The molecular weight excluding hydrogens is 344 g/mol. The van der Waals surface area contributed by atoms with Gasteiger partial charge < -0.3 is 0 Å². The van der Waals surface area contributed by atoms with Crippen LogP contribution in [0.15, 0.2) is 41.3 Å². The molecule has 2 atom stereocenters. The standard InChI is InChI=1S/C18H25ClN2O2S/c1-14-8-10-21(11-9-14)17-7-6-16(13-17)20(2)24(22,23)18-5-3-4-15(19)12-18/h3-7,12,14,16-17H,8-11,13H2,1-2H3. The van der Waals surface area contributed by atoms with Gasteiger partial charge in [-0.1, -0.05) is 36.7 Å². The molecule has 0 aromatic heterocycles. The third-order valence-electron chi connectivity index (χ3n) is 5.27. The smallest absolute Gasteiger partial charge is 0.243 e. The Bertz CT molecular complexity index is 711. The lowest BCUT2D eigenvalue weighted by molar-refractivity contribution is 0.153. The van der Waals surface area contributed by atoms with Gasteiger partial charge >= 0.3 is 0 Å². The molecule has 0 N–H and O–H groups in total.